The Bertz CT molecular complexity index is 685. The van der Waals surface area contributed by atoms with Gasteiger partial charge in [-0.2, -0.15) is 0 Å². The molecule has 0 aromatic heterocycles. The van der Waals surface area contributed by atoms with E-state index < -0.39 is 0 Å². The minimum atomic E-state index is -0.0984. The van der Waals surface area contributed by atoms with Crippen LogP contribution in [0.15, 0.2) is 18.2 Å². The van der Waals surface area contributed by atoms with Crippen molar-refractivity contribution in [3.8, 4) is 5.75 Å². The summed E-state index contributed by atoms with van der Waals surface area (Å²) in [6, 6.07) is 7.90. The second-order valence-electron chi connectivity index (χ2n) is 8.67. The van der Waals surface area contributed by atoms with Crippen molar-refractivity contribution in [2.24, 2.45) is 0 Å². The molecular formula is C23H34N2O3. The molecule has 0 unspecified atom stereocenters. The number of hydrogen-bond donors (Lipinski definition) is 0. The van der Waals surface area contributed by atoms with E-state index in [9.17, 15) is 4.79 Å². The summed E-state index contributed by atoms with van der Waals surface area (Å²) < 4.78 is 10.9. The molecule has 28 heavy (non-hydrogen) atoms. The summed E-state index contributed by atoms with van der Waals surface area (Å²) in [5.74, 6) is 1.62. The van der Waals surface area contributed by atoms with Crippen molar-refractivity contribution in [2.75, 3.05) is 26.8 Å². The van der Waals surface area contributed by atoms with Gasteiger partial charge in [0.2, 0.25) is 0 Å². The molecule has 2 atom stereocenters. The summed E-state index contributed by atoms with van der Waals surface area (Å²) in [4.78, 5) is 17.0. The zero-order valence-electron chi connectivity index (χ0n) is 17.5. The van der Waals surface area contributed by atoms with Crippen molar-refractivity contribution in [3.63, 3.8) is 0 Å². The maximum Gasteiger partial charge on any atom is 0.410 e. The molecule has 2 bridgehead atoms. The van der Waals surface area contributed by atoms with E-state index in [0.29, 0.717) is 30.7 Å². The third-order valence-electron chi connectivity index (χ3n) is 7.06. The number of amides is 1. The zero-order chi connectivity index (χ0) is 19.7. The Labute approximate surface area is 169 Å². The SMILES string of the molecule is CCOC(=O)N1[C@@H]2CC[C@@H]1CC(N1CCC(c3cc(C)ccc3OC)CC1)C2. The number of piperidine rings is 2. The number of methoxy groups -OCH3 is 1. The Morgan fingerprint density at radius 2 is 1.75 bits per heavy atom. The third kappa shape index (κ3) is 3.73. The molecule has 3 heterocycles. The van der Waals surface area contributed by atoms with Crippen molar-refractivity contribution in [2.45, 2.75) is 76.4 Å². The van der Waals surface area contributed by atoms with E-state index in [4.69, 9.17) is 9.47 Å². The number of aryl methyl sites for hydroxylation is 1. The van der Waals surface area contributed by atoms with Crippen LogP contribution in [0, 0.1) is 6.92 Å². The normalized spacial score (nSPS) is 28.4. The highest BCUT2D eigenvalue weighted by Gasteiger charge is 2.45. The molecule has 4 rings (SSSR count). The Morgan fingerprint density at radius 1 is 1.07 bits per heavy atom. The van der Waals surface area contributed by atoms with E-state index in [2.05, 4.69) is 30.0 Å². The summed E-state index contributed by atoms with van der Waals surface area (Å²) in [6.07, 6.45) is 6.76. The van der Waals surface area contributed by atoms with E-state index in [1.54, 1.807) is 7.11 Å². The van der Waals surface area contributed by atoms with Gasteiger partial charge in [0.05, 0.1) is 13.7 Å². The average Bonchev–Trinajstić information content (AvgIpc) is 2.98. The number of fused-ring (bicyclic) bond motifs is 2. The van der Waals surface area contributed by atoms with Crippen molar-refractivity contribution in [1.82, 2.24) is 9.80 Å². The minimum Gasteiger partial charge on any atom is -0.496 e. The van der Waals surface area contributed by atoms with Crippen molar-refractivity contribution < 1.29 is 14.3 Å². The summed E-state index contributed by atoms with van der Waals surface area (Å²) in [5.41, 5.74) is 2.68. The lowest BCUT2D eigenvalue weighted by Crippen LogP contribution is -2.53. The van der Waals surface area contributed by atoms with Gasteiger partial charge >= 0.3 is 6.09 Å². The molecule has 3 aliphatic rings. The number of rotatable bonds is 4. The highest BCUT2D eigenvalue weighted by Crippen LogP contribution is 2.41. The monoisotopic (exact) mass is 386 g/mol. The first-order valence-electron chi connectivity index (χ1n) is 10.9. The van der Waals surface area contributed by atoms with Crippen LogP contribution in [0.2, 0.25) is 0 Å². The molecule has 1 amide bonds. The minimum absolute atomic E-state index is 0.0984. The number of nitrogens with zero attached hydrogens (tertiary/aromatic N) is 2. The molecule has 1 aromatic carbocycles. The van der Waals surface area contributed by atoms with Gasteiger partial charge in [-0.25, -0.2) is 4.79 Å². The summed E-state index contributed by atoms with van der Waals surface area (Å²) in [7, 11) is 1.77. The second kappa shape index (κ2) is 8.32. The van der Waals surface area contributed by atoms with Crippen LogP contribution < -0.4 is 4.74 Å². The van der Waals surface area contributed by atoms with Gasteiger partial charge < -0.3 is 19.3 Å². The maximum absolute atomic E-state index is 12.3. The molecule has 0 saturated carbocycles. The molecule has 5 heteroatoms. The predicted octanol–water partition coefficient (Wildman–Crippen LogP) is 4.33. The van der Waals surface area contributed by atoms with Gasteiger partial charge in [-0.1, -0.05) is 17.7 Å². The molecule has 3 aliphatic heterocycles. The van der Waals surface area contributed by atoms with E-state index >= 15 is 0 Å². The highest BCUT2D eigenvalue weighted by molar-refractivity contribution is 5.69. The zero-order valence-corrected chi connectivity index (χ0v) is 17.5. The van der Waals surface area contributed by atoms with Gasteiger partial charge in [0, 0.05) is 18.1 Å². The van der Waals surface area contributed by atoms with Crippen molar-refractivity contribution in [1.29, 1.82) is 0 Å². The van der Waals surface area contributed by atoms with Gasteiger partial charge in [0.15, 0.2) is 0 Å². The van der Waals surface area contributed by atoms with Gasteiger partial charge in [-0.3, -0.25) is 0 Å². The molecule has 5 nitrogen and oxygen atoms in total. The topological polar surface area (TPSA) is 42.0 Å². The van der Waals surface area contributed by atoms with Gasteiger partial charge in [0.1, 0.15) is 5.75 Å². The van der Waals surface area contributed by atoms with Gasteiger partial charge in [-0.15, -0.1) is 0 Å². The second-order valence-corrected chi connectivity index (χ2v) is 8.67. The molecule has 3 fully saturated rings. The van der Waals surface area contributed by atoms with E-state index in [1.807, 2.05) is 11.8 Å². The van der Waals surface area contributed by atoms with E-state index in [1.165, 1.54) is 24.0 Å². The molecule has 1 aromatic rings. The number of benzene rings is 1. The lowest BCUT2D eigenvalue weighted by molar-refractivity contribution is 0.0340. The molecule has 154 valence electrons. The standard InChI is InChI=1S/C23H34N2O3/c1-4-28-23(26)25-18-6-7-19(25)15-20(14-18)24-11-9-17(10-12-24)21-13-16(2)5-8-22(21)27-3/h5,8,13,17-20H,4,6-7,9-12,14-15H2,1-3H3/t18-,19-/m1/s1. The number of carbonyl (C=O) groups excluding carboxylic acids is 1. The fourth-order valence-electron chi connectivity index (χ4n) is 5.69. The summed E-state index contributed by atoms with van der Waals surface area (Å²) in [6.45, 7) is 6.80. The lowest BCUT2D eigenvalue weighted by atomic mass is 9.86. The van der Waals surface area contributed by atoms with Crippen LogP contribution in [0.4, 0.5) is 4.79 Å². The van der Waals surface area contributed by atoms with E-state index in [0.717, 1.165) is 44.5 Å². The Balaban J connectivity index is 1.37. The first-order valence-corrected chi connectivity index (χ1v) is 10.9. The average molecular weight is 387 g/mol. The number of likely N-dealkylation sites (tertiary alicyclic amines) is 1. The number of ether oxygens (including phenoxy) is 2. The summed E-state index contributed by atoms with van der Waals surface area (Å²) in [5, 5.41) is 0. The van der Waals surface area contributed by atoms with Crippen molar-refractivity contribution >= 4 is 6.09 Å². The molecule has 0 N–H and O–H groups in total. The van der Waals surface area contributed by atoms with Gasteiger partial charge in [0.25, 0.3) is 0 Å². The molecular weight excluding hydrogens is 352 g/mol. The maximum atomic E-state index is 12.3. The first kappa shape index (κ1) is 19.6. The highest BCUT2D eigenvalue weighted by atomic mass is 16.6. The lowest BCUT2D eigenvalue weighted by Gasteiger charge is -2.45. The van der Waals surface area contributed by atoms with Gasteiger partial charge in [-0.05, 0) is 83.0 Å². The quantitative estimate of drug-likeness (QED) is 0.772. The Morgan fingerprint density at radius 3 is 2.36 bits per heavy atom. The molecule has 0 radical (unpaired) electrons. The predicted molar refractivity (Wildman–Crippen MR) is 110 cm³/mol. The van der Waals surface area contributed by atoms with Crippen LogP contribution in [-0.2, 0) is 4.74 Å². The first-order chi connectivity index (χ1) is 13.6. The Kier molecular flexibility index (Phi) is 5.81. The number of carbonyl (C=O) groups is 1. The fourth-order valence-corrected chi connectivity index (χ4v) is 5.69. The van der Waals surface area contributed by atoms with Crippen LogP contribution in [-0.4, -0.2) is 60.8 Å². The third-order valence-corrected chi connectivity index (χ3v) is 7.06. The fraction of sp³-hybridized carbons (Fsp3) is 0.696. The van der Waals surface area contributed by atoms with E-state index in [-0.39, 0.29) is 6.09 Å². The van der Waals surface area contributed by atoms with Crippen LogP contribution in [0.5, 0.6) is 5.75 Å². The Hall–Kier alpha value is -1.75. The molecule has 3 saturated heterocycles. The van der Waals surface area contributed by atoms with Crippen LogP contribution in [0.3, 0.4) is 0 Å². The largest absolute Gasteiger partial charge is 0.496 e. The van der Waals surface area contributed by atoms with Crippen LogP contribution in [0.25, 0.3) is 0 Å². The summed E-state index contributed by atoms with van der Waals surface area (Å²) >= 11 is 0. The van der Waals surface area contributed by atoms with Crippen molar-refractivity contribution in [3.05, 3.63) is 29.3 Å². The molecule has 0 spiro atoms. The van der Waals surface area contributed by atoms with Crippen LogP contribution >= 0.6 is 0 Å². The number of hydrogen-bond acceptors (Lipinski definition) is 4. The molecule has 0 aliphatic carbocycles. The smallest absolute Gasteiger partial charge is 0.410 e. The van der Waals surface area contributed by atoms with Crippen LogP contribution in [0.1, 0.15) is 62.5 Å².